The number of carbonyl (C=O) groups excluding carboxylic acids is 2. The van der Waals surface area contributed by atoms with Crippen molar-refractivity contribution in [3.05, 3.63) is 0 Å². The minimum absolute atomic E-state index is 0.486. The van der Waals surface area contributed by atoms with Crippen molar-refractivity contribution < 1.29 is 19.8 Å². The van der Waals surface area contributed by atoms with E-state index >= 15 is 0 Å². The molecule has 0 atom stereocenters. The third-order valence-electron chi connectivity index (χ3n) is 1.20. The number of Topliss-reactive ketones (excluding diaryl/α,β-unsaturated/α-hetero) is 1. The second-order valence-electron chi connectivity index (χ2n) is 2.66. The standard InChI is InChI=1S/C6H10O4/c1-6(2,3-7)4(8)5(9)10/h7H,3H2,1-2H3,(H,9,10)/p-1. The lowest BCUT2D eigenvalue weighted by Crippen LogP contribution is -2.42. The molecule has 0 rings (SSSR count). The van der Waals surface area contributed by atoms with Crippen LogP contribution in [0.4, 0.5) is 0 Å². The first-order valence-corrected chi connectivity index (χ1v) is 2.78. The Morgan fingerprint density at radius 1 is 1.50 bits per heavy atom. The van der Waals surface area contributed by atoms with E-state index in [2.05, 4.69) is 0 Å². The largest absolute Gasteiger partial charge is 0.542 e. The van der Waals surface area contributed by atoms with E-state index in [0.29, 0.717) is 0 Å². The number of aliphatic hydroxyl groups is 1. The molecule has 1 N–H and O–H groups in total. The minimum Gasteiger partial charge on any atom is -0.542 e. The Bertz CT molecular complexity index is 159. The molecule has 4 nitrogen and oxygen atoms in total. The van der Waals surface area contributed by atoms with Crippen LogP contribution in [-0.4, -0.2) is 23.5 Å². The van der Waals surface area contributed by atoms with Crippen LogP contribution in [0.1, 0.15) is 13.8 Å². The fourth-order valence-electron chi connectivity index (χ4n) is 0.348. The van der Waals surface area contributed by atoms with Gasteiger partial charge < -0.3 is 15.0 Å². The normalized spacial score (nSPS) is 11.1. The van der Waals surface area contributed by atoms with E-state index in [9.17, 15) is 14.7 Å². The van der Waals surface area contributed by atoms with Gasteiger partial charge in [-0.3, -0.25) is 4.79 Å². The van der Waals surface area contributed by atoms with Crippen LogP contribution in [0.5, 0.6) is 0 Å². The molecule has 0 saturated carbocycles. The van der Waals surface area contributed by atoms with Gasteiger partial charge in [0.15, 0.2) is 5.78 Å². The fourth-order valence-corrected chi connectivity index (χ4v) is 0.348. The van der Waals surface area contributed by atoms with E-state index < -0.39 is 23.8 Å². The zero-order chi connectivity index (χ0) is 8.36. The summed E-state index contributed by atoms with van der Waals surface area (Å²) < 4.78 is 0. The minimum atomic E-state index is -1.75. The first-order valence-electron chi connectivity index (χ1n) is 2.78. The Morgan fingerprint density at radius 2 is 1.90 bits per heavy atom. The molecule has 0 aromatic rings. The highest BCUT2D eigenvalue weighted by atomic mass is 16.4. The molecule has 0 aliphatic carbocycles. The van der Waals surface area contributed by atoms with E-state index in [1.807, 2.05) is 0 Å². The lowest BCUT2D eigenvalue weighted by Gasteiger charge is -2.19. The first-order chi connectivity index (χ1) is 4.41. The van der Waals surface area contributed by atoms with E-state index in [1.165, 1.54) is 13.8 Å². The zero-order valence-electron chi connectivity index (χ0n) is 5.88. The van der Waals surface area contributed by atoms with Crippen molar-refractivity contribution in [1.29, 1.82) is 0 Å². The molecule has 0 radical (unpaired) electrons. The predicted octanol–water partition coefficient (Wildman–Crippen LogP) is -1.68. The summed E-state index contributed by atoms with van der Waals surface area (Å²) in [5.41, 5.74) is -1.22. The van der Waals surface area contributed by atoms with Gasteiger partial charge in [0.05, 0.1) is 12.0 Å². The lowest BCUT2D eigenvalue weighted by molar-refractivity contribution is -0.301. The average molecular weight is 145 g/mol. The van der Waals surface area contributed by atoms with Crippen LogP contribution in [0.2, 0.25) is 0 Å². The summed E-state index contributed by atoms with van der Waals surface area (Å²) in [6.07, 6.45) is 0. The summed E-state index contributed by atoms with van der Waals surface area (Å²) in [5.74, 6) is -2.82. The number of rotatable bonds is 3. The Morgan fingerprint density at radius 3 is 2.00 bits per heavy atom. The molecule has 0 saturated heterocycles. The summed E-state index contributed by atoms with van der Waals surface area (Å²) in [6.45, 7) is 2.19. The summed E-state index contributed by atoms with van der Waals surface area (Å²) >= 11 is 0. The lowest BCUT2D eigenvalue weighted by atomic mass is 9.89. The monoisotopic (exact) mass is 145 g/mol. The highest BCUT2D eigenvalue weighted by Gasteiger charge is 2.26. The van der Waals surface area contributed by atoms with Crippen LogP contribution in [0.15, 0.2) is 0 Å². The number of carboxylic acids is 1. The van der Waals surface area contributed by atoms with E-state index in [4.69, 9.17) is 5.11 Å². The van der Waals surface area contributed by atoms with Gasteiger partial charge in [0, 0.05) is 0 Å². The molecule has 58 valence electrons. The second kappa shape index (κ2) is 2.79. The van der Waals surface area contributed by atoms with Crippen molar-refractivity contribution in [3.63, 3.8) is 0 Å². The number of aliphatic hydroxyl groups excluding tert-OH is 1. The third kappa shape index (κ3) is 1.80. The van der Waals surface area contributed by atoms with Gasteiger partial charge in [0.2, 0.25) is 0 Å². The Labute approximate surface area is 58.5 Å². The number of ketones is 1. The van der Waals surface area contributed by atoms with Crippen molar-refractivity contribution in [1.82, 2.24) is 0 Å². The number of carbonyl (C=O) groups is 2. The highest BCUT2D eigenvalue weighted by Crippen LogP contribution is 2.13. The molecule has 10 heavy (non-hydrogen) atoms. The molecular weight excluding hydrogens is 136 g/mol. The topological polar surface area (TPSA) is 77.4 Å². The molecule has 0 aliphatic heterocycles. The number of hydrogen-bond donors (Lipinski definition) is 1. The van der Waals surface area contributed by atoms with Gasteiger partial charge in [0.1, 0.15) is 5.97 Å². The van der Waals surface area contributed by atoms with Gasteiger partial charge in [0.25, 0.3) is 0 Å². The molecule has 0 unspecified atom stereocenters. The van der Waals surface area contributed by atoms with Crippen LogP contribution >= 0.6 is 0 Å². The highest BCUT2D eigenvalue weighted by molar-refractivity contribution is 6.33. The van der Waals surface area contributed by atoms with Crippen molar-refractivity contribution in [3.8, 4) is 0 Å². The van der Waals surface area contributed by atoms with Gasteiger partial charge in [-0.05, 0) is 0 Å². The summed E-state index contributed by atoms with van der Waals surface area (Å²) in [7, 11) is 0. The van der Waals surface area contributed by atoms with Crippen LogP contribution in [-0.2, 0) is 9.59 Å². The molecule has 0 fully saturated rings. The summed E-state index contributed by atoms with van der Waals surface area (Å²) in [6, 6.07) is 0. The van der Waals surface area contributed by atoms with Gasteiger partial charge in [-0.1, -0.05) is 13.8 Å². The van der Waals surface area contributed by atoms with Crippen molar-refractivity contribution in [2.75, 3.05) is 6.61 Å². The van der Waals surface area contributed by atoms with Crippen LogP contribution in [0.3, 0.4) is 0 Å². The van der Waals surface area contributed by atoms with E-state index in [-0.39, 0.29) is 0 Å². The average Bonchev–Trinajstić information content (AvgIpc) is 1.86. The quantitative estimate of drug-likeness (QED) is 0.481. The Balaban J connectivity index is 4.33. The molecule has 0 amide bonds. The third-order valence-corrected chi connectivity index (χ3v) is 1.20. The maximum Gasteiger partial charge on any atom is 0.186 e. The molecule has 0 aromatic carbocycles. The predicted molar refractivity (Wildman–Crippen MR) is 30.9 cm³/mol. The molecular formula is C6H9O4-. The molecule has 0 aromatic heterocycles. The maximum atomic E-state index is 10.6. The fraction of sp³-hybridized carbons (Fsp3) is 0.667. The second-order valence-corrected chi connectivity index (χ2v) is 2.66. The van der Waals surface area contributed by atoms with Crippen LogP contribution in [0.25, 0.3) is 0 Å². The summed E-state index contributed by atoms with van der Waals surface area (Å²) in [4.78, 5) is 20.5. The van der Waals surface area contributed by atoms with Gasteiger partial charge in [-0.15, -0.1) is 0 Å². The maximum absolute atomic E-state index is 10.6. The van der Waals surface area contributed by atoms with Crippen molar-refractivity contribution in [2.24, 2.45) is 5.41 Å². The number of aliphatic carboxylic acids is 1. The smallest absolute Gasteiger partial charge is 0.186 e. The van der Waals surface area contributed by atoms with Gasteiger partial charge >= 0.3 is 0 Å². The van der Waals surface area contributed by atoms with Crippen molar-refractivity contribution >= 4 is 11.8 Å². The van der Waals surface area contributed by atoms with Crippen molar-refractivity contribution in [2.45, 2.75) is 13.8 Å². The van der Waals surface area contributed by atoms with Gasteiger partial charge in [-0.2, -0.15) is 0 Å². The SMILES string of the molecule is CC(C)(CO)C(=O)C(=O)[O-]. The zero-order valence-corrected chi connectivity index (χ0v) is 5.88. The van der Waals surface area contributed by atoms with E-state index in [0.717, 1.165) is 0 Å². The van der Waals surface area contributed by atoms with Crippen LogP contribution < -0.4 is 5.11 Å². The summed E-state index contributed by atoms with van der Waals surface area (Å²) in [5, 5.41) is 18.4. The molecule has 0 bridgehead atoms. The number of hydrogen-bond acceptors (Lipinski definition) is 4. The van der Waals surface area contributed by atoms with Gasteiger partial charge in [-0.25, -0.2) is 0 Å². The molecule has 4 heteroatoms. The first kappa shape index (κ1) is 9.10. The Hall–Kier alpha value is -0.900. The number of carboxylic acid groups (broad SMARTS) is 1. The molecule has 0 heterocycles. The van der Waals surface area contributed by atoms with E-state index in [1.54, 1.807) is 0 Å². The molecule has 0 spiro atoms. The van der Waals surface area contributed by atoms with Crippen LogP contribution in [0, 0.1) is 5.41 Å². The molecule has 0 aliphatic rings. The Kier molecular flexibility index (Phi) is 2.54.